The normalized spacial score (nSPS) is 16.6. The molecule has 0 saturated carbocycles. The van der Waals surface area contributed by atoms with E-state index in [1.165, 1.54) is 48.2 Å². The highest BCUT2D eigenvalue weighted by atomic mass is 32.1. The van der Waals surface area contributed by atoms with Crippen LogP contribution in [0, 0.1) is 26.7 Å². The molecule has 0 bridgehead atoms. The van der Waals surface area contributed by atoms with E-state index in [2.05, 4.69) is 53.3 Å². The van der Waals surface area contributed by atoms with Gasteiger partial charge in [-0.05, 0) is 80.9 Å². The molecule has 25 heavy (non-hydrogen) atoms. The molecule has 0 radical (unpaired) electrons. The number of aromatic nitrogens is 1. The first-order valence-corrected chi connectivity index (χ1v) is 9.93. The first-order chi connectivity index (χ1) is 12.0. The van der Waals surface area contributed by atoms with Crippen LogP contribution in [-0.2, 0) is 6.54 Å². The summed E-state index contributed by atoms with van der Waals surface area (Å²) in [7, 11) is 0. The Kier molecular flexibility index (Phi) is 5.86. The minimum absolute atomic E-state index is 0.834. The molecule has 1 N–H and O–H groups in total. The zero-order valence-corrected chi connectivity index (χ0v) is 16.5. The van der Waals surface area contributed by atoms with Crippen molar-refractivity contribution in [2.45, 2.75) is 47.1 Å². The fraction of sp³-hybridized carbons (Fsp3) is 0.500. The Labute approximate surface area is 155 Å². The van der Waals surface area contributed by atoms with E-state index in [1.54, 1.807) is 11.3 Å². The number of anilines is 1. The predicted octanol–water partition coefficient (Wildman–Crippen LogP) is 4.75. The van der Waals surface area contributed by atoms with Gasteiger partial charge >= 0.3 is 0 Å². The maximum absolute atomic E-state index is 4.37. The fourth-order valence-corrected chi connectivity index (χ4v) is 3.89. The minimum atomic E-state index is 0.834. The Balaban J connectivity index is 1.69. The molecular weight excluding hydrogens is 328 g/mol. The Morgan fingerprint density at radius 1 is 1.24 bits per heavy atom. The summed E-state index contributed by atoms with van der Waals surface area (Å²) in [6, 6.07) is 4.57. The molecule has 134 valence electrons. The van der Waals surface area contributed by atoms with E-state index in [-0.39, 0.29) is 0 Å². The summed E-state index contributed by atoms with van der Waals surface area (Å²) in [5.41, 5.74) is 9.26. The van der Waals surface area contributed by atoms with E-state index in [1.807, 2.05) is 18.5 Å². The van der Waals surface area contributed by atoms with Gasteiger partial charge in [0.2, 0.25) is 5.13 Å². The van der Waals surface area contributed by atoms with Crippen molar-refractivity contribution in [2.24, 2.45) is 11.0 Å². The van der Waals surface area contributed by atoms with Crippen molar-refractivity contribution in [3.05, 3.63) is 45.5 Å². The number of hydrogen-bond acceptors (Lipinski definition) is 5. The van der Waals surface area contributed by atoms with Crippen LogP contribution in [0.2, 0.25) is 0 Å². The molecule has 1 aromatic carbocycles. The zero-order valence-electron chi connectivity index (χ0n) is 15.7. The number of hydrazone groups is 1. The van der Waals surface area contributed by atoms with Crippen LogP contribution in [0.25, 0.3) is 0 Å². The van der Waals surface area contributed by atoms with Gasteiger partial charge in [-0.25, -0.2) is 4.98 Å². The number of thiazole rings is 1. The molecule has 2 heterocycles. The number of piperidine rings is 1. The molecule has 1 aromatic heterocycles. The molecule has 1 aliphatic heterocycles. The summed E-state index contributed by atoms with van der Waals surface area (Å²) in [5.74, 6) is 0.874. The van der Waals surface area contributed by atoms with Gasteiger partial charge in [0.25, 0.3) is 0 Å². The van der Waals surface area contributed by atoms with Gasteiger partial charge in [-0.2, -0.15) is 5.10 Å². The highest BCUT2D eigenvalue weighted by Crippen LogP contribution is 2.21. The summed E-state index contributed by atoms with van der Waals surface area (Å²) in [5, 5.41) is 7.23. The van der Waals surface area contributed by atoms with Gasteiger partial charge in [0, 0.05) is 11.9 Å². The van der Waals surface area contributed by atoms with Crippen molar-refractivity contribution in [3.8, 4) is 0 Å². The molecule has 1 saturated heterocycles. The molecule has 5 heteroatoms. The lowest BCUT2D eigenvalue weighted by atomic mass is 9.96. The zero-order chi connectivity index (χ0) is 17.8. The Morgan fingerprint density at radius 2 is 2.00 bits per heavy atom. The predicted molar refractivity (Wildman–Crippen MR) is 108 cm³/mol. The first-order valence-electron chi connectivity index (χ1n) is 9.05. The maximum atomic E-state index is 4.37. The van der Waals surface area contributed by atoms with Crippen LogP contribution < -0.4 is 5.43 Å². The molecule has 0 amide bonds. The number of likely N-dealkylation sites (tertiary alicyclic amines) is 1. The maximum Gasteiger partial charge on any atom is 0.203 e. The summed E-state index contributed by atoms with van der Waals surface area (Å²) in [4.78, 5) is 6.94. The molecule has 0 atom stereocenters. The summed E-state index contributed by atoms with van der Waals surface area (Å²) in [6.07, 6.45) is 4.54. The molecule has 0 aliphatic carbocycles. The third-order valence-corrected chi connectivity index (χ3v) is 5.84. The second-order valence-corrected chi connectivity index (χ2v) is 8.12. The van der Waals surface area contributed by atoms with E-state index >= 15 is 0 Å². The quantitative estimate of drug-likeness (QED) is 0.621. The number of aryl methyl sites for hydroxylation is 3. The number of rotatable bonds is 5. The van der Waals surface area contributed by atoms with Crippen molar-refractivity contribution in [1.82, 2.24) is 9.88 Å². The molecular formula is C20H28N4S. The number of nitrogens with zero attached hydrogens (tertiary/aromatic N) is 3. The number of benzene rings is 1. The van der Waals surface area contributed by atoms with E-state index in [9.17, 15) is 0 Å². The van der Waals surface area contributed by atoms with Crippen molar-refractivity contribution < 1.29 is 0 Å². The third kappa shape index (κ3) is 4.89. The molecule has 3 rings (SSSR count). The van der Waals surface area contributed by atoms with E-state index in [0.717, 1.165) is 23.3 Å². The SMILES string of the molecule is Cc1csc(NN=Cc2cc(CN3CCC(C)CC3)c(C)cc2C)n1. The van der Waals surface area contributed by atoms with Gasteiger partial charge in [0.1, 0.15) is 0 Å². The van der Waals surface area contributed by atoms with Gasteiger partial charge in [-0.1, -0.05) is 13.0 Å². The second kappa shape index (κ2) is 8.11. The summed E-state index contributed by atoms with van der Waals surface area (Å²) < 4.78 is 0. The first kappa shape index (κ1) is 18.1. The standard InChI is InChI=1S/C20H28N4S/c1-14-5-7-24(8-6-14)12-19-10-18(15(2)9-16(19)3)11-21-23-20-22-17(4)13-25-20/h9-11,13-14H,5-8,12H2,1-4H3,(H,22,23). The van der Waals surface area contributed by atoms with Crippen LogP contribution in [-0.4, -0.2) is 29.2 Å². The van der Waals surface area contributed by atoms with Crippen LogP contribution in [0.15, 0.2) is 22.6 Å². The van der Waals surface area contributed by atoms with Gasteiger partial charge in [-0.3, -0.25) is 10.3 Å². The van der Waals surface area contributed by atoms with Crippen LogP contribution in [0.4, 0.5) is 5.13 Å². The molecule has 0 spiro atoms. The van der Waals surface area contributed by atoms with Gasteiger partial charge in [0.05, 0.1) is 11.9 Å². The Morgan fingerprint density at radius 3 is 2.68 bits per heavy atom. The molecule has 4 nitrogen and oxygen atoms in total. The van der Waals surface area contributed by atoms with Crippen LogP contribution in [0.3, 0.4) is 0 Å². The van der Waals surface area contributed by atoms with Crippen LogP contribution >= 0.6 is 11.3 Å². The largest absolute Gasteiger partial charge is 0.299 e. The smallest absolute Gasteiger partial charge is 0.203 e. The average Bonchev–Trinajstić information content (AvgIpc) is 2.99. The molecule has 1 aliphatic rings. The monoisotopic (exact) mass is 356 g/mol. The number of nitrogens with one attached hydrogen (secondary N) is 1. The van der Waals surface area contributed by atoms with Crippen molar-refractivity contribution in [2.75, 3.05) is 18.5 Å². The number of hydrogen-bond donors (Lipinski definition) is 1. The van der Waals surface area contributed by atoms with E-state index < -0.39 is 0 Å². The highest BCUT2D eigenvalue weighted by molar-refractivity contribution is 7.13. The average molecular weight is 357 g/mol. The lowest BCUT2D eigenvalue weighted by Gasteiger charge is -2.30. The molecule has 1 fully saturated rings. The van der Waals surface area contributed by atoms with Crippen LogP contribution in [0.5, 0.6) is 0 Å². The highest BCUT2D eigenvalue weighted by Gasteiger charge is 2.16. The van der Waals surface area contributed by atoms with Gasteiger partial charge in [-0.15, -0.1) is 11.3 Å². The van der Waals surface area contributed by atoms with Crippen molar-refractivity contribution in [1.29, 1.82) is 0 Å². The van der Waals surface area contributed by atoms with Crippen molar-refractivity contribution in [3.63, 3.8) is 0 Å². The van der Waals surface area contributed by atoms with Crippen LogP contribution in [0.1, 0.15) is 47.7 Å². The topological polar surface area (TPSA) is 40.5 Å². The Bertz CT molecular complexity index is 742. The van der Waals surface area contributed by atoms with E-state index in [0.29, 0.717) is 0 Å². The van der Waals surface area contributed by atoms with Gasteiger partial charge in [0.15, 0.2) is 0 Å². The molecule has 2 aromatic rings. The fourth-order valence-electron chi connectivity index (χ4n) is 3.25. The molecule has 0 unspecified atom stereocenters. The third-order valence-electron chi connectivity index (χ3n) is 4.98. The lowest BCUT2D eigenvalue weighted by Crippen LogP contribution is -2.32. The minimum Gasteiger partial charge on any atom is -0.299 e. The summed E-state index contributed by atoms with van der Waals surface area (Å²) >= 11 is 1.58. The lowest BCUT2D eigenvalue weighted by molar-refractivity contribution is 0.185. The van der Waals surface area contributed by atoms with Crippen molar-refractivity contribution >= 4 is 22.7 Å². The second-order valence-electron chi connectivity index (χ2n) is 7.26. The van der Waals surface area contributed by atoms with E-state index in [4.69, 9.17) is 0 Å². The van der Waals surface area contributed by atoms with Gasteiger partial charge < -0.3 is 0 Å². The summed E-state index contributed by atoms with van der Waals surface area (Å²) in [6.45, 7) is 12.2. The Hall–Kier alpha value is -1.72.